The molecule has 3 N–H and O–H groups in total. The molecule has 0 unspecified atom stereocenters. The highest BCUT2D eigenvalue weighted by molar-refractivity contribution is 5.88. The average Bonchev–Trinajstić information content (AvgIpc) is 3.24. The van der Waals surface area contributed by atoms with Gasteiger partial charge in [0.15, 0.2) is 0 Å². The van der Waals surface area contributed by atoms with Gasteiger partial charge in [-0.25, -0.2) is 14.1 Å². The van der Waals surface area contributed by atoms with Crippen LogP contribution in [0.2, 0.25) is 0 Å². The number of rotatable bonds is 8. The molecule has 0 saturated carbocycles. The lowest BCUT2D eigenvalue weighted by molar-refractivity contribution is 0.330. The highest BCUT2D eigenvalue weighted by atomic mass is 19.1. The smallest absolute Gasteiger partial charge is 0.280 e. The summed E-state index contributed by atoms with van der Waals surface area (Å²) >= 11 is 0. The van der Waals surface area contributed by atoms with Gasteiger partial charge in [0.1, 0.15) is 22.5 Å². The van der Waals surface area contributed by atoms with Crippen molar-refractivity contribution in [2.24, 2.45) is 0 Å². The Morgan fingerprint density at radius 2 is 2.00 bits per heavy atom. The zero-order valence-electron chi connectivity index (χ0n) is 17.8. The summed E-state index contributed by atoms with van der Waals surface area (Å²) in [6, 6.07) is 5.21. The largest absolute Gasteiger partial charge is 0.369 e. The summed E-state index contributed by atoms with van der Waals surface area (Å²) in [6.45, 7) is 5.63. The van der Waals surface area contributed by atoms with E-state index in [1.165, 1.54) is 23.7 Å². The second kappa shape index (κ2) is 9.38. The topological polar surface area (TPSA) is 102 Å². The molecule has 3 heterocycles. The van der Waals surface area contributed by atoms with Crippen LogP contribution in [0.15, 0.2) is 29.2 Å². The molecule has 4 rings (SSSR count). The van der Waals surface area contributed by atoms with Crippen molar-refractivity contribution in [1.29, 1.82) is 0 Å². The maximum Gasteiger partial charge on any atom is 0.280 e. The first kappa shape index (κ1) is 21.2. The Hall–Kier alpha value is -3.07. The molecule has 3 aromatic rings. The first-order valence-corrected chi connectivity index (χ1v) is 10.8. The molecule has 0 radical (unpaired) electrons. The number of nitrogen functional groups attached to an aromatic ring is 1. The minimum absolute atomic E-state index is 0.0311. The highest BCUT2D eigenvalue weighted by Crippen LogP contribution is 2.19. The first-order chi connectivity index (χ1) is 15.0. The number of nitrogens with one attached hydrogen (secondary N) is 1. The van der Waals surface area contributed by atoms with E-state index in [2.05, 4.69) is 32.2 Å². The van der Waals surface area contributed by atoms with Crippen molar-refractivity contribution in [3.63, 3.8) is 0 Å². The van der Waals surface area contributed by atoms with Crippen molar-refractivity contribution in [2.75, 3.05) is 30.7 Å². The molecule has 1 saturated heterocycles. The van der Waals surface area contributed by atoms with E-state index in [1.807, 2.05) is 6.07 Å². The average molecular weight is 426 g/mol. The van der Waals surface area contributed by atoms with Gasteiger partial charge in [-0.3, -0.25) is 9.69 Å². The predicted molar refractivity (Wildman–Crippen MR) is 119 cm³/mol. The van der Waals surface area contributed by atoms with Gasteiger partial charge in [0.2, 0.25) is 5.95 Å². The van der Waals surface area contributed by atoms with Gasteiger partial charge in [-0.15, -0.1) is 0 Å². The maximum atomic E-state index is 14.8. The van der Waals surface area contributed by atoms with Gasteiger partial charge < -0.3 is 11.1 Å². The number of hydrogen-bond donors (Lipinski definition) is 2. The Bertz CT molecular complexity index is 1120. The Labute approximate surface area is 180 Å². The normalized spacial score (nSPS) is 14.4. The quantitative estimate of drug-likeness (QED) is 0.535. The van der Waals surface area contributed by atoms with E-state index in [4.69, 9.17) is 5.73 Å². The van der Waals surface area contributed by atoms with E-state index >= 15 is 0 Å². The van der Waals surface area contributed by atoms with Crippen LogP contribution in [0.25, 0.3) is 10.9 Å². The minimum Gasteiger partial charge on any atom is -0.369 e. The third-order valence-electron chi connectivity index (χ3n) is 5.59. The van der Waals surface area contributed by atoms with Gasteiger partial charge in [0, 0.05) is 18.7 Å². The van der Waals surface area contributed by atoms with E-state index in [1.54, 1.807) is 12.1 Å². The molecule has 2 aromatic heterocycles. The summed E-state index contributed by atoms with van der Waals surface area (Å²) in [5, 5.41) is 7.66. The van der Waals surface area contributed by atoms with E-state index < -0.39 is 0 Å². The molecule has 9 heteroatoms. The maximum absolute atomic E-state index is 14.8. The van der Waals surface area contributed by atoms with Gasteiger partial charge in [-0.1, -0.05) is 25.5 Å². The molecule has 1 aliphatic rings. The molecule has 0 spiro atoms. The summed E-state index contributed by atoms with van der Waals surface area (Å²) in [4.78, 5) is 23.8. The number of hydrogen-bond acceptors (Lipinski definition) is 7. The standard InChI is InChI=1S/C22H28FN7O/c1-2-3-8-25-20-19-18(27-22(24)28-20)12-26-30(21(19)31)14-16-7-6-15(11-17(16)23)13-29-9-4-5-10-29/h6-7,11-12H,2-5,8-10,13-14H2,1H3,(H3,24,25,27,28). The molecular formula is C22H28FN7O. The lowest BCUT2D eigenvalue weighted by atomic mass is 10.1. The summed E-state index contributed by atoms with van der Waals surface area (Å²) in [5.74, 6) is 0.129. The number of anilines is 2. The number of likely N-dealkylation sites (tertiary alicyclic amines) is 1. The Kier molecular flexibility index (Phi) is 6.41. The van der Waals surface area contributed by atoms with Gasteiger partial charge in [0.05, 0.1) is 12.7 Å². The number of halogens is 1. The molecule has 31 heavy (non-hydrogen) atoms. The number of fused-ring (bicyclic) bond motifs is 1. The van der Waals surface area contributed by atoms with Gasteiger partial charge in [-0.2, -0.15) is 10.1 Å². The molecule has 0 amide bonds. The summed E-state index contributed by atoms with van der Waals surface area (Å²) in [5.41, 5.74) is 7.12. The van der Waals surface area contributed by atoms with E-state index in [0.717, 1.165) is 38.0 Å². The molecule has 1 fully saturated rings. The van der Waals surface area contributed by atoms with Gasteiger partial charge in [0.25, 0.3) is 5.56 Å². The van der Waals surface area contributed by atoms with Crippen molar-refractivity contribution < 1.29 is 4.39 Å². The van der Waals surface area contributed by atoms with Gasteiger partial charge in [-0.05, 0) is 44.0 Å². The Morgan fingerprint density at radius 3 is 2.74 bits per heavy atom. The molecule has 1 aromatic carbocycles. The van der Waals surface area contributed by atoms with Crippen LogP contribution in [0.5, 0.6) is 0 Å². The fraction of sp³-hybridized carbons (Fsp3) is 0.455. The summed E-state index contributed by atoms with van der Waals surface area (Å²) in [6.07, 6.45) is 5.80. The number of nitrogens with two attached hydrogens (primary N) is 1. The number of aromatic nitrogens is 4. The Morgan fingerprint density at radius 1 is 1.19 bits per heavy atom. The lowest BCUT2D eigenvalue weighted by Gasteiger charge is -2.15. The summed E-state index contributed by atoms with van der Waals surface area (Å²) < 4.78 is 16.0. The van der Waals surface area contributed by atoms with Crippen molar-refractivity contribution in [1.82, 2.24) is 24.6 Å². The van der Waals surface area contributed by atoms with Crippen molar-refractivity contribution in [3.05, 3.63) is 51.7 Å². The number of unbranched alkanes of at least 4 members (excludes halogenated alkanes) is 1. The van der Waals surface area contributed by atoms with Crippen LogP contribution in [-0.4, -0.2) is 44.3 Å². The van der Waals surface area contributed by atoms with E-state index in [-0.39, 0.29) is 23.9 Å². The number of nitrogens with zero attached hydrogens (tertiary/aromatic N) is 5. The molecular weight excluding hydrogens is 397 g/mol. The summed E-state index contributed by atoms with van der Waals surface area (Å²) in [7, 11) is 0. The van der Waals surface area contributed by atoms with Crippen LogP contribution in [0, 0.1) is 5.82 Å². The van der Waals surface area contributed by atoms with Crippen molar-refractivity contribution >= 4 is 22.7 Å². The predicted octanol–water partition coefficient (Wildman–Crippen LogP) is 2.76. The van der Waals surface area contributed by atoms with Gasteiger partial charge >= 0.3 is 0 Å². The fourth-order valence-electron chi connectivity index (χ4n) is 3.91. The second-order valence-corrected chi connectivity index (χ2v) is 7.99. The van der Waals surface area contributed by atoms with Crippen molar-refractivity contribution in [3.8, 4) is 0 Å². The molecule has 0 aliphatic carbocycles. The van der Waals surface area contributed by atoms with Crippen molar-refractivity contribution in [2.45, 2.75) is 45.7 Å². The third kappa shape index (κ3) is 4.82. The molecule has 0 atom stereocenters. The van der Waals surface area contributed by atoms with E-state index in [9.17, 15) is 9.18 Å². The third-order valence-corrected chi connectivity index (χ3v) is 5.59. The van der Waals surface area contributed by atoms with Crippen LogP contribution in [0.3, 0.4) is 0 Å². The molecule has 0 bridgehead atoms. The fourth-order valence-corrected chi connectivity index (χ4v) is 3.91. The zero-order valence-corrected chi connectivity index (χ0v) is 17.8. The highest BCUT2D eigenvalue weighted by Gasteiger charge is 2.16. The van der Waals surface area contributed by atoms with Crippen LogP contribution in [-0.2, 0) is 13.1 Å². The van der Waals surface area contributed by atoms with Crippen LogP contribution < -0.4 is 16.6 Å². The SMILES string of the molecule is CCCCNc1nc(N)nc2cnn(Cc3ccc(CN4CCCC4)cc3F)c(=O)c12. The monoisotopic (exact) mass is 425 g/mol. The molecule has 8 nitrogen and oxygen atoms in total. The molecule has 1 aliphatic heterocycles. The van der Waals surface area contributed by atoms with Crippen LogP contribution in [0.1, 0.15) is 43.7 Å². The molecule has 164 valence electrons. The van der Waals surface area contributed by atoms with Crippen LogP contribution >= 0.6 is 0 Å². The zero-order chi connectivity index (χ0) is 21.8. The minimum atomic E-state index is -0.378. The lowest BCUT2D eigenvalue weighted by Crippen LogP contribution is -2.25. The first-order valence-electron chi connectivity index (χ1n) is 10.8. The van der Waals surface area contributed by atoms with Crippen LogP contribution in [0.4, 0.5) is 16.2 Å². The second-order valence-electron chi connectivity index (χ2n) is 7.99. The Balaban J connectivity index is 1.61. The number of benzene rings is 1. The van der Waals surface area contributed by atoms with E-state index in [0.29, 0.717) is 28.8 Å².